The number of hydrogen-bond acceptors (Lipinski definition) is 3. The van der Waals surface area contributed by atoms with Gasteiger partial charge in [0, 0.05) is 26.1 Å². The highest BCUT2D eigenvalue weighted by Crippen LogP contribution is 2.35. The highest BCUT2D eigenvalue weighted by molar-refractivity contribution is 6.07. The molecule has 2 aliphatic heterocycles. The molecular formula is C21H25N3O3. The number of carbonyl (C=O) groups excluding carboxylic acids is 3. The first-order chi connectivity index (χ1) is 13.1. The van der Waals surface area contributed by atoms with Crippen LogP contribution < -0.4 is 5.32 Å². The average molecular weight is 367 g/mol. The van der Waals surface area contributed by atoms with E-state index < -0.39 is 5.54 Å². The molecule has 4 amide bonds. The van der Waals surface area contributed by atoms with Crippen molar-refractivity contribution < 1.29 is 14.4 Å². The minimum absolute atomic E-state index is 0.00802. The molecule has 1 aromatic carbocycles. The van der Waals surface area contributed by atoms with Crippen molar-refractivity contribution in [3.8, 4) is 0 Å². The highest BCUT2D eigenvalue weighted by Gasteiger charge is 2.52. The second-order valence-corrected chi connectivity index (χ2v) is 7.61. The number of amides is 4. The molecule has 2 heterocycles. The first-order valence-electron chi connectivity index (χ1n) is 9.75. The molecule has 1 saturated carbocycles. The molecule has 6 nitrogen and oxygen atoms in total. The molecule has 1 spiro atoms. The maximum absolute atomic E-state index is 12.6. The molecular weight excluding hydrogens is 342 g/mol. The Hall–Kier alpha value is -2.63. The molecule has 142 valence electrons. The van der Waals surface area contributed by atoms with E-state index in [1.54, 1.807) is 4.90 Å². The van der Waals surface area contributed by atoms with E-state index in [0.29, 0.717) is 25.9 Å². The Morgan fingerprint density at radius 1 is 1.11 bits per heavy atom. The Morgan fingerprint density at radius 3 is 2.52 bits per heavy atom. The van der Waals surface area contributed by atoms with Crippen LogP contribution in [0.3, 0.4) is 0 Å². The zero-order chi connectivity index (χ0) is 18.9. The van der Waals surface area contributed by atoms with Crippen LogP contribution in [0.5, 0.6) is 0 Å². The molecule has 3 aliphatic rings. The zero-order valence-corrected chi connectivity index (χ0v) is 15.4. The first kappa shape index (κ1) is 17.8. The standard InChI is InChI=1S/C21H25N3O3/c25-18(23-13-8-17(9-14-23)16-6-2-1-3-7-16)10-15-24-19(26)21(22-20(24)27)11-4-5-12-21/h1-3,6-8H,4-5,9-15H2,(H,22,27). The molecule has 0 unspecified atom stereocenters. The van der Waals surface area contributed by atoms with E-state index >= 15 is 0 Å². The summed E-state index contributed by atoms with van der Waals surface area (Å²) in [7, 11) is 0. The van der Waals surface area contributed by atoms with Gasteiger partial charge in [0.1, 0.15) is 5.54 Å². The minimum Gasteiger partial charge on any atom is -0.339 e. The molecule has 0 bridgehead atoms. The van der Waals surface area contributed by atoms with Crippen molar-refractivity contribution >= 4 is 23.4 Å². The predicted molar refractivity (Wildman–Crippen MR) is 102 cm³/mol. The summed E-state index contributed by atoms with van der Waals surface area (Å²) >= 11 is 0. The van der Waals surface area contributed by atoms with E-state index in [2.05, 4.69) is 23.5 Å². The third-order valence-corrected chi connectivity index (χ3v) is 5.96. The largest absolute Gasteiger partial charge is 0.339 e. The summed E-state index contributed by atoms with van der Waals surface area (Å²) < 4.78 is 0. The van der Waals surface area contributed by atoms with Gasteiger partial charge in [0.15, 0.2) is 0 Å². The topological polar surface area (TPSA) is 69.7 Å². The van der Waals surface area contributed by atoms with Gasteiger partial charge < -0.3 is 10.2 Å². The van der Waals surface area contributed by atoms with Crippen LogP contribution in [0.1, 0.15) is 44.1 Å². The van der Waals surface area contributed by atoms with E-state index in [4.69, 9.17) is 0 Å². The zero-order valence-electron chi connectivity index (χ0n) is 15.4. The Kier molecular flexibility index (Phi) is 4.72. The van der Waals surface area contributed by atoms with Gasteiger partial charge in [-0.05, 0) is 30.4 Å². The fraction of sp³-hybridized carbons (Fsp3) is 0.476. The second-order valence-electron chi connectivity index (χ2n) is 7.61. The van der Waals surface area contributed by atoms with E-state index in [9.17, 15) is 14.4 Å². The fourth-order valence-corrected chi connectivity index (χ4v) is 4.37. The first-order valence-corrected chi connectivity index (χ1v) is 9.75. The summed E-state index contributed by atoms with van der Waals surface area (Å²) in [6.45, 7) is 1.41. The molecule has 0 atom stereocenters. The van der Waals surface area contributed by atoms with Crippen molar-refractivity contribution in [1.29, 1.82) is 0 Å². The summed E-state index contributed by atoms with van der Waals surface area (Å²) in [6.07, 6.45) is 6.44. The number of urea groups is 1. The van der Waals surface area contributed by atoms with Gasteiger partial charge in [-0.3, -0.25) is 14.5 Å². The van der Waals surface area contributed by atoms with Crippen LogP contribution in [0.25, 0.3) is 5.57 Å². The van der Waals surface area contributed by atoms with E-state index in [-0.39, 0.29) is 30.8 Å². The van der Waals surface area contributed by atoms with Crippen LogP contribution in [0, 0.1) is 0 Å². The number of carbonyl (C=O) groups is 3. The molecule has 0 radical (unpaired) electrons. The van der Waals surface area contributed by atoms with Gasteiger partial charge >= 0.3 is 6.03 Å². The average Bonchev–Trinajstić information content (AvgIpc) is 3.26. The normalized spacial score (nSPS) is 21.6. The summed E-state index contributed by atoms with van der Waals surface area (Å²) in [5.74, 6) is -0.158. The second kappa shape index (κ2) is 7.18. The van der Waals surface area contributed by atoms with Crippen LogP contribution in [0.15, 0.2) is 36.4 Å². The molecule has 2 fully saturated rings. The lowest BCUT2D eigenvalue weighted by atomic mass is 9.98. The summed E-state index contributed by atoms with van der Waals surface area (Å²) in [4.78, 5) is 40.4. The van der Waals surface area contributed by atoms with Gasteiger partial charge in [0.25, 0.3) is 5.91 Å². The molecule has 1 aliphatic carbocycles. The number of benzene rings is 1. The number of hydrogen-bond donors (Lipinski definition) is 1. The van der Waals surface area contributed by atoms with Gasteiger partial charge in [-0.25, -0.2) is 4.79 Å². The number of imide groups is 1. The van der Waals surface area contributed by atoms with Crippen molar-refractivity contribution in [2.24, 2.45) is 0 Å². The van der Waals surface area contributed by atoms with E-state index in [0.717, 1.165) is 19.3 Å². The maximum atomic E-state index is 12.6. The molecule has 1 aromatic rings. The quantitative estimate of drug-likeness (QED) is 0.832. The van der Waals surface area contributed by atoms with Crippen molar-refractivity contribution in [1.82, 2.24) is 15.1 Å². The summed E-state index contributed by atoms with van der Waals surface area (Å²) in [5, 5.41) is 2.86. The van der Waals surface area contributed by atoms with Crippen molar-refractivity contribution in [3.63, 3.8) is 0 Å². The van der Waals surface area contributed by atoms with Crippen molar-refractivity contribution in [3.05, 3.63) is 42.0 Å². The summed E-state index contributed by atoms with van der Waals surface area (Å²) in [5.41, 5.74) is 1.76. The number of nitrogens with zero attached hydrogens (tertiary/aromatic N) is 2. The van der Waals surface area contributed by atoms with Gasteiger partial charge in [-0.1, -0.05) is 49.2 Å². The van der Waals surface area contributed by atoms with Crippen molar-refractivity contribution in [2.75, 3.05) is 19.6 Å². The monoisotopic (exact) mass is 367 g/mol. The molecule has 1 N–H and O–H groups in total. The smallest absolute Gasteiger partial charge is 0.325 e. The molecule has 6 heteroatoms. The Bertz CT molecular complexity index is 781. The number of nitrogens with one attached hydrogen (secondary N) is 1. The van der Waals surface area contributed by atoms with Gasteiger partial charge in [0.2, 0.25) is 5.91 Å². The SMILES string of the molecule is O=C(CCN1C(=O)NC2(CCCC2)C1=O)N1CC=C(c2ccccc2)CC1. The minimum atomic E-state index is -0.696. The fourth-order valence-electron chi connectivity index (χ4n) is 4.37. The lowest BCUT2D eigenvalue weighted by molar-refractivity contribution is -0.133. The molecule has 4 rings (SSSR count). The van der Waals surface area contributed by atoms with Crippen molar-refractivity contribution in [2.45, 2.75) is 44.1 Å². The van der Waals surface area contributed by atoms with Gasteiger partial charge in [0.05, 0.1) is 0 Å². The van der Waals surface area contributed by atoms with Crippen LogP contribution in [-0.4, -0.2) is 52.8 Å². The van der Waals surface area contributed by atoms with Gasteiger partial charge in [-0.15, -0.1) is 0 Å². The van der Waals surface area contributed by atoms with Gasteiger partial charge in [-0.2, -0.15) is 0 Å². The van der Waals surface area contributed by atoms with E-state index in [1.165, 1.54) is 16.0 Å². The third kappa shape index (κ3) is 3.36. The maximum Gasteiger partial charge on any atom is 0.325 e. The summed E-state index contributed by atoms with van der Waals surface area (Å²) in [6, 6.07) is 9.85. The lowest BCUT2D eigenvalue weighted by Gasteiger charge is -2.27. The van der Waals surface area contributed by atoms with E-state index in [1.807, 2.05) is 18.2 Å². The Morgan fingerprint density at radius 2 is 1.85 bits per heavy atom. The Labute approximate surface area is 159 Å². The Balaban J connectivity index is 1.32. The molecule has 0 aromatic heterocycles. The van der Waals surface area contributed by atoms with Crippen LogP contribution in [-0.2, 0) is 9.59 Å². The van der Waals surface area contributed by atoms with Crippen LogP contribution in [0.2, 0.25) is 0 Å². The lowest BCUT2D eigenvalue weighted by Crippen LogP contribution is -2.44. The molecule has 27 heavy (non-hydrogen) atoms. The number of rotatable bonds is 4. The van der Waals surface area contributed by atoms with Crippen LogP contribution >= 0.6 is 0 Å². The molecule has 1 saturated heterocycles. The third-order valence-electron chi connectivity index (χ3n) is 5.96. The highest BCUT2D eigenvalue weighted by atomic mass is 16.2. The van der Waals surface area contributed by atoms with Crippen LogP contribution in [0.4, 0.5) is 4.79 Å². The predicted octanol–water partition coefficient (Wildman–Crippen LogP) is 2.56.